The fraction of sp³-hybridized carbons (Fsp3) is 0.426. The van der Waals surface area contributed by atoms with Gasteiger partial charge in [0.15, 0.2) is 11.5 Å². The number of piperidine rings is 3. The van der Waals surface area contributed by atoms with Crippen LogP contribution in [0.1, 0.15) is 66.8 Å². The molecule has 0 spiro atoms. The third-order valence-electron chi connectivity index (χ3n) is 13.7. The summed E-state index contributed by atoms with van der Waals surface area (Å²) < 4.78 is 2.87. The minimum absolute atomic E-state index is 0.0236. The number of aromatic nitrogens is 7. The highest BCUT2D eigenvalue weighted by molar-refractivity contribution is 5.99. The molecule has 0 aliphatic carbocycles. The molecule has 17 nitrogen and oxygen atoms in total. The first-order valence-electron chi connectivity index (χ1n) is 22.5. The average Bonchev–Trinajstić information content (AvgIpc) is 3.61. The van der Waals surface area contributed by atoms with E-state index in [1.165, 1.54) is 11.1 Å². The molecule has 6 aromatic rings. The van der Waals surface area contributed by atoms with Gasteiger partial charge in [-0.2, -0.15) is 14.8 Å². The molecule has 0 radical (unpaired) electrons. The summed E-state index contributed by atoms with van der Waals surface area (Å²) in [5.41, 5.74) is 8.65. The lowest BCUT2D eigenvalue weighted by Gasteiger charge is -2.39. The van der Waals surface area contributed by atoms with Gasteiger partial charge in [0.2, 0.25) is 17.8 Å². The van der Waals surface area contributed by atoms with Crippen molar-refractivity contribution in [2.45, 2.75) is 71.4 Å². The molecule has 3 fully saturated rings. The summed E-state index contributed by atoms with van der Waals surface area (Å²) in [5, 5.41) is 23.4. The Morgan fingerprint density at radius 3 is 2.42 bits per heavy atom. The van der Waals surface area contributed by atoms with Crippen LogP contribution in [0.25, 0.3) is 21.9 Å². The van der Waals surface area contributed by atoms with E-state index in [0.29, 0.717) is 35.9 Å². The lowest BCUT2D eigenvalue weighted by molar-refractivity contribution is -0.138. The van der Waals surface area contributed by atoms with Crippen LogP contribution in [0.2, 0.25) is 0 Å². The van der Waals surface area contributed by atoms with Crippen molar-refractivity contribution in [1.82, 2.24) is 49.9 Å². The summed E-state index contributed by atoms with van der Waals surface area (Å²) >= 11 is 0. The van der Waals surface area contributed by atoms with E-state index in [-0.39, 0.29) is 30.6 Å². The second-order valence-electron chi connectivity index (χ2n) is 17.9. The van der Waals surface area contributed by atoms with E-state index >= 15 is 0 Å². The van der Waals surface area contributed by atoms with E-state index in [2.05, 4.69) is 96.2 Å². The maximum Gasteiger partial charge on any atom is 0.278 e. The van der Waals surface area contributed by atoms with Crippen LogP contribution in [0.4, 0.5) is 28.8 Å². The van der Waals surface area contributed by atoms with Crippen LogP contribution in [0, 0.1) is 25.7 Å². The molecule has 3 aromatic carbocycles. The molecule has 3 N–H and O–H groups in total. The van der Waals surface area contributed by atoms with Crippen LogP contribution in [0.15, 0.2) is 65.6 Å². The number of imide groups is 1. The molecule has 7 heterocycles. The van der Waals surface area contributed by atoms with Crippen molar-refractivity contribution in [2.24, 2.45) is 18.9 Å². The molecule has 330 valence electrons. The Bertz CT molecular complexity index is 2840. The standard InChI is InChI=1S/C47H53N13O4/c1-28-5-4-6-29(2)41(28)51-42-37-25-48-47(52-43(37)56(3)54-42)49-34-8-7-31-15-18-57(27-33(31)23-34)26-30-13-19-59(20-14-30)45(63)32-16-21-58(22-17-32)35-9-10-38-36(24-35)46(64)60(55-53-38)39-11-12-40(61)50-44(39)62/h4-10,23-25,30,32,39H,11-22,26-27H2,1-3H3,(H,51,54)(H,48,49,52)(H,50,61,62). The van der Waals surface area contributed by atoms with Gasteiger partial charge >= 0.3 is 0 Å². The Hall–Kier alpha value is -6.75. The maximum atomic E-state index is 13.8. The zero-order valence-corrected chi connectivity index (χ0v) is 36.5. The molecule has 4 aliphatic rings. The van der Waals surface area contributed by atoms with Crippen molar-refractivity contribution in [1.29, 1.82) is 0 Å². The van der Waals surface area contributed by atoms with Crippen LogP contribution in [-0.2, 0) is 34.4 Å². The van der Waals surface area contributed by atoms with Gasteiger partial charge in [-0.25, -0.2) is 9.67 Å². The van der Waals surface area contributed by atoms with E-state index in [1.807, 2.05) is 19.3 Å². The van der Waals surface area contributed by atoms with Gasteiger partial charge in [-0.15, -0.1) is 5.10 Å². The number of benzene rings is 3. The first-order valence-corrected chi connectivity index (χ1v) is 22.5. The molecule has 64 heavy (non-hydrogen) atoms. The zero-order valence-electron chi connectivity index (χ0n) is 36.5. The first kappa shape index (κ1) is 41.3. The van der Waals surface area contributed by atoms with Gasteiger partial charge in [0, 0.05) is 88.5 Å². The molecule has 0 saturated carbocycles. The highest BCUT2D eigenvalue weighted by atomic mass is 16.2. The van der Waals surface area contributed by atoms with E-state index < -0.39 is 17.5 Å². The fourth-order valence-electron chi connectivity index (χ4n) is 10.0. The van der Waals surface area contributed by atoms with Gasteiger partial charge in [-0.05, 0) is 111 Å². The number of hydrogen-bond acceptors (Lipinski definition) is 13. The predicted octanol–water partition coefficient (Wildman–Crippen LogP) is 5.06. The molecular formula is C47H53N13O4. The highest BCUT2D eigenvalue weighted by Gasteiger charge is 2.33. The number of anilines is 5. The predicted molar refractivity (Wildman–Crippen MR) is 244 cm³/mol. The minimum atomic E-state index is -0.873. The van der Waals surface area contributed by atoms with Gasteiger partial charge in [0.25, 0.3) is 11.5 Å². The number of para-hydroxylation sites is 1. The number of nitrogens with zero attached hydrogens (tertiary/aromatic N) is 10. The fourth-order valence-corrected chi connectivity index (χ4v) is 10.0. The average molecular weight is 864 g/mol. The number of nitrogens with one attached hydrogen (secondary N) is 3. The molecule has 1 atom stereocenters. The van der Waals surface area contributed by atoms with Crippen molar-refractivity contribution in [3.63, 3.8) is 0 Å². The van der Waals surface area contributed by atoms with Gasteiger partial charge in [-0.3, -0.25) is 29.4 Å². The summed E-state index contributed by atoms with van der Waals surface area (Å²) in [6, 6.07) is 17.4. The molecule has 0 bridgehead atoms. The van der Waals surface area contributed by atoms with Crippen LogP contribution in [0.5, 0.6) is 0 Å². The molecular weight excluding hydrogens is 811 g/mol. The Labute approximate surface area is 370 Å². The Balaban J connectivity index is 0.708. The topological polar surface area (TPSA) is 188 Å². The van der Waals surface area contributed by atoms with Gasteiger partial charge in [-0.1, -0.05) is 29.5 Å². The Morgan fingerprint density at radius 2 is 1.64 bits per heavy atom. The van der Waals surface area contributed by atoms with Crippen LogP contribution < -0.4 is 26.4 Å². The molecule has 3 saturated heterocycles. The second-order valence-corrected chi connectivity index (χ2v) is 17.9. The summed E-state index contributed by atoms with van der Waals surface area (Å²) in [6.45, 7) is 10.1. The van der Waals surface area contributed by atoms with Crippen molar-refractivity contribution < 1.29 is 14.4 Å². The van der Waals surface area contributed by atoms with E-state index in [0.717, 1.165) is 115 Å². The molecule has 4 aliphatic heterocycles. The third kappa shape index (κ3) is 8.15. The summed E-state index contributed by atoms with van der Waals surface area (Å²) in [5.74, 6) is 1.13. The number of hydrogen-bond donors (Lipinski definition) is 3. The number of amides is 3. The van der Waals surface area contributed by atoms with Crippen LogP contribution >= 0.6 is 0 Å². The number of aryl methyl sites for hydroxylation is 3. The van der Waals surface area contributed by atoms with E-state index in [9.17, 15) is 19.2 Å². The number of likely N-dealkylation sites (tertiary alicyclic amines) is 1. The highest BCUT2D eigenvalue weighted by Crippen LogP contribution is 2.32. The van der Waals surface area contributed by atoms with E-state index in [1.54, 1.807) is 16.8 Å². The molecule has 3 aromatic heterocycles. The summed E-state index contributed by atoms with van der Waals surface area (Å²) in [6.07, 6.45) is 6.67. The van der Waals surface area contributed by atoms with Crippen LogP contribution in [0.3, 0.4) is 0 Å². The minimum Gasteiger partial charge on any atom is -0.371 e. The van der Waals surface area contributed by atoms with Crippen molar-refractivity contribution in [3.05, 3.63) is 93.4 Å². The van der Waals surface area contributed by atoms with Crippen molar-refractivity contribution in [3.8, 4) is 0 Å². The molecule has 3 amide bonds. The molecule has 1 unspecified atom stereocenters. The Morgan fingerprint density at radius 1 is 0.844 bits per heavy atom. The van der Waals surface area contributed by atoms with Crippen molar-refractivity contribution in [2.75, 3.05) is 54.8 Å². The SMILES string of the molecule is Cc1cccc(C)c1Nc1nn(C)c2nc(Nc3ccc4c(c3)CN(CC3CCN(C(=O)C5CCN(c6ccc7nnn(C8CCC(=O)NC8=O)c(=O)c7c6)CC5)CC3)CC4)ncc12. The first-order chi connectivity index (χ1) is 31.0. The largest absolute Gasteiger partial charge is 0.371 e. The monoisotopic (exact) mass is 863 g/mol. The summed E-state index contributed by atoms with van der Waals surface area (Å²) in [4.78, 5) is 67.7. The maximum absolute atomic E-state index is 13.8. The molecule has 10 rings (SSSR count). The molecule has 17 heteroatoms. The number of rotatable bonds is 9. The lowest BCUT2D eigenvalue weighted by Crippen LogP contribution is -2.47. The van der Waals surface area contributed by atoms with Crippen molar-refractivity contribution >= 4 is 68.5 Å². The second kappa shape index (κ2) is 17.1. The normalized spacial score (nSPS) is 19.0. The third-order valence-corrected chi connectivity index (χ3v) is 13.7. The van der Waals surface area contributed by atoms with Gasteiger partial charge in [0.05, 0.1) is 10.8 Å². The number of carbonyl (C=O) groups is 3. The number of carbonyl (C=O) groups excluding carboxylic acids is 3. The zero-order chi connectivity index (χ0) is 44.1. The quantitative estimate of drug-likeness (QED) is 0.164. The number of fused-ring (bicyclic) bond motifs is 3. The van der Waals surface area contributed by atoms with E-state index in [4.69, 9.17) is 10.1 Å². The Kier molecular flexibility index (Phi) is 11.0. The van der Waals surface area contributed by atoms with Gasteiger partial charge < -0.3 is 20.4 Å². The van der Waals surface area contributed by atoms with Crippen LogP contribution in [-0.4, -0.2) is 102 Å². The smallest absolute Gasteiger partial charge is 0.278 e. The van der Waals surface area contributed by atoms with Gasteiger partial charge in [0.1, 0.15) is 11.6 Å². The summed E-state index contributed by atoms with van der Waals surface area (Å²) in [7, 11) is 1.90. The lowest BCUT2D eigenvalue weighted by atomic mass is 9.91.